The smallest absolute Gasteiger partial charge is 0.321 e. The molecule has 0 amide bonds. The van der Waals surface area contributed by atoms with Crippen LogP contribution in [-0.2, 0) is 27.7 Å². The minimum Gasteiger partial charge on any atom is -0.493 e. The molecular weight excluding hydrogens is 318 g/mol. The first-order valence-electron chi connectivity index (χ1n) is 7.74. The van der Waals surface area contributed by atoms with Crippen molar-refractivity contribution in [2.75, 3.05) is 12.4 Å². The largest absolute Gasteiger partial charge is 0.493 e. The fourth-order valence-electron chi connectivity index (χ4n) is 2.59. The molecule has 0 bridgehead atoms. The Bertz CT molecular complexity index is 669. The molecule has 23 heavy (non-hydrogen) atoms. The summed E-state index contributed by atoms with van der Waals surface area (Å²) in [5.74, 6) is -0.320. The summed E-state index contributed by atoms with van der Waals surface area (Å²) in [4.78, 5) is 11.2. The van der Waals surface area contributed by atoms with Crippen LogP contribution in [0.25, 0.3) is 0 Å². The molecule has 1 aliphatic rings. The number of carboxylic acids is 1. The van der Waals surface area contributed by atoms with Gasteiger partial charge in [-0.15, -0.1) is 0 Å². The van der Waals surface area contributed by atoms with E-state index in [0.29, 0.717) is 13.0 Å². The summed E-state index contributed by atoms with van der Waals surface area (Å²) in [5, 5.41) is 9.14. The molecule has 128 valence electrons. The number of carbonyl (C=O) groups is 1. The summed E-state index contributed by atoms with van der Waals surface area (Å²) < 4.78 is 32.0. The minimum absolute atomic E-state index is 0.0931. The zero-order valence-corrected chi connectivity index (χ0v) is 14.2. The van der Waals surface area contributed by atoms with E-state index in [-0.39, 0.29) is 18.1 Å². The number of rotatable bonds is 8. The summed E-state index contributed by atoms with van der Waals surface area (Å²) >= 11 is 0. The molecule has 6 nitrogen and oxygen atoms in total. The van der Waals surface area contributed by atoms with Crippen LogP contribution in [0.4, 0.5) is 0 Å². The van der Waals surface area contributed by atoms with Gasteiger partial charge in [-0.05, 0) is 36.0 Å². The standard InChI is InChI=1S/C16H23NO5S/c1-11(2)9-14(16(18)19)17-23(20,21)8-6-12-3-4-15-13(10-12)5-7-22-15/h3-4,10-11,14,17H,5-9H2,1-2H3,(H,18,19)/t14-/m0/s1. The molecule has 0 saturated heterocycles. The predicted molar refractivity (Wildman–Crippen MR) is 87.1 cm³/mol. The molecule has 1 aromatic carbocycles. The number of fused-ring (bicyclic) bond motifs is 1. The third-order valence-electron chi connectivity index (χ3n) is 3.74. The second-order valence-corrected chi connectivity index (χ2v) is 8.12. The molecule has 7 heteroatoms. The predicted octanol–water partition coefficient (Wildman–Crippen LogP) is 1.58. The van der Waals surface area contributed by atoms with Crippen molar-refractivity contribution in [3.8, 4) is 5.75 Å². The van der Waals surface area contributed by atoms with E-state index in [1.54, 1.807) is 0 Å². The van der Waals surface area contributed by atoms with Crippen molar-refractivity contribution >= 4 is 16.0 Å². The maximum absolute atomic E-state index is 12.1. The lowest BCUT2D eigenvalue weighted by atomic mass is 10.1. The van der Waals surface area contributed by atoms with Gasteiger partial charge in [-0.3, -0.25) is 4.79 Å². The van der Waals surface area contributed by atoms with Crippen LogP contribution in [-0.4, -0.2) is 37.9 Å². The van der Waals surface area contributed by atoms with E-state index < -0.39 is 22.0 Å². The molecule has 0 unspecified atom stereocenters. The molecule has 0 fully saturated rings. The van der Waals surface area contributed by atoms with Crippen molar-refractivity contribution < 1.29 is 23.1 Å². The van der Waals surface area contributed by atoms with Crippen LogP contribution in [0.15, 0.2) is 18.2 Å². The van der Waals surface area contributed by atoms with Crippen LogP contribution in [0.1, 0.15) is 31.4 Å². The zero-order chi connectivity index (χ0) is 17.0. The number of ether oxygens (including phenoxy) is 1. The average Bonchev–Trinajstić information content (AvgIpc) is 2.91. The van der Waals surface area contributed by atoms with Crippen molar-refractivity contribution in [2.45, 2.75) is 39.2 Å². The molecule has 1 heterocycles. The zero-order valence-electron chi connectivity index (χ0n) is 13.4. The molecule has 1 aromatic rings. The summed E-state index contributed by atoms with van der Waals surface area (Å²) in [6, 6.07) is 4.59. The van der Waals surface area contributed by atoms with E-state index in [0.717, 1.165) is 23.3 Å². The normalized spacial score (nSPS) is 15.3. The molecule has 1 aliphatic heterocycles. The highest BCUT2D eigenvalue weighted by molar-refractivity contribution is 7.89. The Kier molecular flexibility index (Phi) is 5.64. The van der Waals surface area contributed by atoms with Crippen LogP contribution < -0.4 is 9.46 Å². The Balaban J connectivity index is 1.96. The fraction of sp³-hybridized carbons (Fsp3) is 0.562. The van der Waals surface area contributed by atoms with Gasteiger partial charge in [0.15, 0.2) is 0 Å². The van der Waals surface area contributed by atoms with E-state index in [1.807, 2.05) is 32.0 Å². The Morgan fingerprint density at radius 3 is 2.78 bits per heavy atom. The number of hydrogen-bond donors (Lipinski definition) is 2. The Labute approximate surface area is 136 Å². The van der Waals surface area contributed by atoms with Gasteiger partial charge in [0.25, 0.3) is 0 Å². The van der Waals surface area contributed by atoms with Crippen LogP contribution in [0.2, 0.25) is 0 Å². The third-order valence-corrected chi connectivity index (χ3v) is 5.13. The van der Waals surface area contributed by atoms with E-state index in [2.05, 4.69) is 4.72 Å². The number of carboxylic acid groups (broad SMARTS) is 1. The van der Waals surface area contributed by atoms with Gasteiger partial charge in [0.2, 0.25) is 10.0 Å². The first kappa shape index (κ1) is 17.7. The van der Waals surface area contributed by atoms with Crippen molar-refractivity contribution in [1.82, 2.24) is 4.72 Å². The summed E-state index contributed by atoms with van der Waals surface area (Å²) in [5.41, 5.74) is 2.01. The second kappa shape index (κ2) is 7.31. The maximum Gasteiger partial charge on any atom is 0.321 e. The van der Waals surface area contributed by atoms with E-state index in [9.17, 15) is 13.2 Å². The number of sulfonamides is 1. The lowest BCUT2D eigenvalue weighted by molar-refractivity contribution is -0.139. The monoisotopic (exact) mass is 341 g/mol. The third kappa shape index (κ3) is 5.21. The first-order valence-corrected chi connectivity index (χ1v) is 9.39. The molecule has 2 rings (SSSR count). The first-order chi connectivity index (χ1) is 10.8. The number of aliphatic carboxylic acids is 1. The molecule has 0 aliphatic carbocycles. The average molecular weight is 341 g/mol. The highest BCUT2D eigenvalue weighted by atomic mass is 32.2. The lowest BCUT2D eigenvalue weighted by Gasteiger charge is -2.16. The highest BCUT2D eigenvalue weighted by Crippen LogP contribution is 2.26. The van der Waals surface area contributed by atoms with E-state index in [4.69, 9.17) is 9.84 Å². The number of benzene rings is 1. The van der Waals surface area contributed by atoms with Gasteiger partial charge in [0, 0.05) is 6.42 Å². The minimum atomic E-state index is -3.65. The fourth-order valence-corrected chi connectivity index (χ4v) is 3.85. The van der Waals surface area contributed by atoms with Gasteiger partial charge in [-0.25, -0.2) is 13.1 Å². The summed E-state index contributed by atoms with van der Waals surface area (Å²) in [6.07, 6.45) is 1.45. The topological polar surface area (TPSA) is 92.7 Å². The molecule has 0 saturated carbocycles. The summed E-state index contributed by atoms with van der Waals surface area (Å²) in [6.45, 7) is 4.38. The van der Waals surface area contributed by atoms with Crippen LogP contribution in [0, 0.1) is 5.92 Å². The lowest BCUT2D eigenvalue weighted by Crippen LogP contribution is -2.42. The maximum atomic E-state index is 12.1. The number of aryl methyl sites for hydroxylation is 1. The molecular formula is C16H23NO5S. The van der Waals surface area contributed by atoms with Gasteiger partial charge < -0.3 is 9.84 Å². The molecule has 0 aromatic heterocycles. The summed E-state index contributed by atoms with van der Waals surface area (Å²) in [7, 11) is -3.65. The van der Waals surface area contributed by atoms with Crippen LogP contribution >= 0.6 is 0 Å². The van der Waals surface area contributed by atoms with Gasteiger partial charge >= 0.3 is 5.97 Å². The Morgan fingerprint density at radius 2 is 2.13 bits per heavy atom. The van der Waals surface area contributed by atoms with Gasteiger partial charge in [0.1, 0.15) is 11.8 Å². The van der Waals surface area contributed by atoms with Crippen molar-refractivity contribution in [2.24, 2.45) is 5.92 Å². The van der Waals surface area contributed by atoms with Crippen molar-refractivity contribution in [3.63, 3.8) is 0 Å². The van der Waals surface area contributed by atoms with E-state index in [1.165, 1.54) is 0 Å². The quantitative estimate of drug-likeness (QED) is 0.749. The van der Waals surface area contributed by atoms with Crippen LogP contribution in [0.5, 0.6) is 5.75 Å². The number of nitrogens with one attached hydrogen (secondary N) is 1. The second-order valence-electron chi connectivity index (χ2n) is 6.25. The molecule has 0 radical (unpaired) electrons. The van der Waals surface area contributed by atoms with Crippen LogP contribution in [0.3, 0.4) is 0 Å². The SMILES string of the molecule is CC(C)C[C@H](NS(=O)(=O)CCc1ccc2c(c1)CCO2)C(=O)O. The Hall–Kier alpha value is -1.60. The van der Waals surface area contributed by atoms with Gasteiger partial charge in [-0.2, -0.15) is 0 Å². The van der Waals surface area contributed by atoms with Gasteiger partial charge in [-0.1, -0.05) is 26.0 Å². The highest BCUT2D eigenvalue weighted by Gasteiger charge is 2.24. The van der Waals surface area contributed by atoms with E-state index >= 15 is 0 Å². The van der Waals surface area contributed by atoms with Gasteiger partial charge in [0.05, 0.1) is 12.4 Å². The number of hydrogen-bond acceptors (Lipinski definition) is 4. The Morgan fingerprint density at radius 1 is 1.39 bits per heavy atom. The van der Waals surface area contributed by atoms with Crippen molar-refractivity contribution in [3.05, 3.63) is 29.3 Å². The van der Waals surface area contributed by atoms with Crippen molar-refractivity contribution in [1.29, 1.82) is 0 Å². The molecule has 1 atom stereocenters. The molecule has 2 N–H and O–H groups in total. The molecule has 0 spiro atoms.